The summed E-state index contributed by atoms with van der Waals surface area (Å²) >= 11 is 0. The van der Waals surface area contributed by atoms with E-state index in [-0.39, 0.29) is 12.3 Å². The summed E-state index contributed by atoms with van der Waals surface area (Å²) in [7, 11) is -2.98. The molecule has 1 radical (unpaired) electrons. The van der Waals surface area contributed by atoms with Gasteiger partial charge in [0.2, 0.25) is 10.0 Å². The zero-order valence-electron chi connectivity index (χ0n) is 4.85. The van der Waals surface area contributed by atoms with E-state index in [0.29, 0.717) is 0 Å². The Morgan fingerprint density at radius 3 is 2.25 bits per heavy atom. The Bertz CT molecular complexity index is 138. The third-order valence-corrected chi connectivity index (χ3v) is 2.11. The summed E-state index contributed by atoms with van der Waals surface area (Å²) in [6.07, 6.45) is 0. The van der Waals surface area contributed by atoms with E-state index < -0.39 is 10.0 Å². The van der Waals surface area contributed by atoms with Crippen molar-refractivity contribution < 1.29 is 8.42 Å². The highest BCUT2D eigenvalue weighted by Gasteiger charge is 2.00. The Kier molecular flexibility index (Phi) is 3.01. The van der Waals surface area contributed by atoms with Crippen LogP contribution in [-0.4, -0.2) is 20.7 Å². The molecule has 0 aliphatic carbocycles. The third kappa shape index (κ3) is 2.98. The maximum absolute atomic E-state index is 10.4. The SMILES string of the molecule is [CH2]CNS(=O)(=O)CC. The lowest BCUT2D eigenvalue weighted by molar-refractivity contribution is 0.587. The summed E-state index contributed by atoms with van der Waals surface area (Å²) in [6, 6.07) is 0. The minimum Gasteiger partial charge on any atom is -0.215 e. The standard InChI is InChI=1S/C4H10NO2S/c1-3-5-8(6,7)4-2/h5H,1,3-4H2,2H3. The minimum atomic E-state index is -2.98. The van der Waals surface area contributed by atoms with Gasteiger partial charge in [-0.25, -0.2) is 13.1 Å². The summed E-state index contributed by atoms with van der Waals surface area (Å²) < 4.78 is 23.1. The maximum atomic E-state index is 10.4. The molecule has 0 fully saturated rings. The van der Waals surface area contributed by atoms with Crippen molar-refractivity contribution in [1.82, 2.24) is 4.72 Å². The predicted octanol–water partition coefficient (Wildman–Crippen LogP) is -0.240. The van der Waals surface area contributed by atoms with Gasteiger partial charge < -0.3 is 0 Å². The zero-order valence-corrected chi connectivity index (χ0v) is 5.66. The van der Waals surface area contributed by atoms with Gasteiger partial charge in [-0.2, -0.15) is 0 Å². The molecule has 0 unspecified atom stereocenters. The number of rotatable bonds is 3. The highest BCUT2D eigenvalue weighted by molar-refractivity contribution is 7.89. The van der Waals surface area contributed by atoms with Crippen LogP contribution in [0, 0.1) is 6.92 Å². The van der Waals surface area contributed by atoms with Crippen molar-refractivity contribution in [2.75, 3.05) is 12.3 Å². The molecule has 0 aromatic carbocycles. The molecule has 0 spiro atoms. The molecule has 0 saturated carbocycles. The number of sulfonamides is 1. The van der Waals surface area contributed by atoms with E-state index in [0.717, 1.165) is 0 Å². The maximum Gasteiger partial charge on any atom is 0.211 e. The van der Waals surface area contributed by atoms with Gasteiger partial charge in [0.15, 0.2) is 0 Å². The van der Waals surface area contributed by atoms with Crippen molar-refractivity contribution >= 4 is 10.0 Å². The second kappa shape index (κ2) is 3.04. The van der Waals surface area contributed by atoms with Crippen LogP contribution in [0.15, 0.2) is 0 Å². The third-order valence-electron chi connectivity index (χ3n) is 0.702. The topological polar surface area (TPSA) is 46.2 Å². The summed E-state index contributed by atoms with van der Waals surface area (Å²) in [6.45, 7) is 5.14. The van der Waals surface area contributed by atoms with Gasteiger partial charge in [0.25, 0.3) is 0 Å². The van der Waals surface area contributed by atoms with Crippen LogP contribution >= 0.6 is 0 Å². The van der Waals surface area contributed by atoms with Crippen molar-refractivity contribution in [1.29, 1.82) is 0 Å². The Morgan fingerprint density at radius 2 is 2.12 bits per heavy atom. The van der Waals surface area contributed by atoms with Gasteiger partial charge in [0.1, 0.15) is 0 Å². The first kappa shape index (κ1) is 7.91. The molecule has 4 heteroatoms. The summed E-state index contributed by atoms with van der Waals surface area (Å²) in [5.41, 5.74) is 0. The van der Waals surface area contributed by atoms with Gasteiger partial charge in [-0.1, -0.05) is 0 Å². The van der Waals surface area contributed by atoms with Crippen molar-refractivity contribution in [2.24, 2.45) is 0 Å². The molecular formula is C4H10NO2S. The summed E-state index contributed by atoms with van der Waals surface area (Å²) in [5.74, 6) is 0.127. The first-order chi connectivity index (χ1) is 3.62. The van der Waals surface area contributed by atoms with Crippen LogP contribution in [0.2, 0.25) is 0 Å². The lowest BCUT2D eigenvalue weighted by atomic mass is 10.8. The first-order valence-corrected chi connectivity index (χ1v) is 4.04. The fourth-order valence-corrected chi connectivity index (χ4v) is 0.773. The van der Waals surface area contributed by atoms with Crippen molar-refractivity contribution in [3.8, 4) is 0 Å². The molecule has 49 valence electrons. The van der Waals surface area contributed by atoms with E-state index in [9.17, 15) is 8.42 Å². The van der Waals surface area contributed by atoms with E-state index in [1.807, 2.05) is 0 Å². The fourth-order valence-electron chi connectivity index (χ4n) is 0.258. The van der Waals surface area contributed by atoms with E-state index in [4.69, 9.17) is 0 Å². The quantitative estimate of drug-likeness (QED) is 0.582. The van der Waals surface area contributed by atoms with Crippen molar-refractivity contribution in [3.05, 3.63) is 6.92 Å². The normalized spacial score (nSPS) is 11.8. The molecular weight excluding hydrogens is 126 g/mol. The number of hydrogen-bond acceptors (Lipinski definition) is 2. The van der Waals surface area contributed by atoms with E-state index in [1.165, 1.54) is 0 Å². The van der Waals surface area contributed by atoms with E-state index in [1.54, 1.807) is 6.92 Å². The van der Waals surface area contributed by atoms with Gasteiger partial charge in [-0.15, -0.1) is 0 Å². The van der Waals surface area contributed by atoms with Crippen LogP contribution in [0.1, 0.15) is 6.92 Å². The van der Waals surface area contributed by atoms with Crippen LogP contribution in [0.3, 0.4) is 0 Å². The fraction of sp³-hybridized carbons (Fsp3) is 0.750. The molecule has 8 heavy (non-hydrogen) atoms. The molecule has 0 rings (SSSR count). The van der Waals surface area contributed by atoms with Gasteiger partial charge in [0.05, 0.1) is 5.75 Å². The lowest BCUT2D eigenvalue weighted by Crippen LogP contribution is -2.24. The molecule has 0 amide bonds. The van der Waals surface area contributed by atoms with E-state index >= 15 is 0 Å². The van der Waals surface area contributed by atoms with Crippen LogP contribution in [0.25, 0.3) is 0 Å². The monoisotopic (exact) mass is 136 g/mol. The molecule has 0 bridgehead atoms. The molecule has 0 aromatic rings. The Labute approximate surface area is 50.1 Å². The highest BCUT2D eigenvalue weighted by atomic mass is 32.2. The van der Waals surface area contributed by atoms with Crippen LogP contribution in [-0.2, 0) is 10.0 Å². The molecule has 3 nitrogen and oxygen atoms in total. The zero-order chi connectivity index (χ0) is 6.62. The second-order valence-electron chi connectivity index (χ2n) is 1.30. The molecule has 1 N–H and O–H groups in total. The average molecular weight is 136 g/mol. The first-order valence-electron chi connectivity index (χ1n) is 2.39. The van der Waals surface area contributed by atoms with Crippen molar-refractivity contribution in [3.63, 3.8) is 0 Å². The Hall–Kier alpha value is -0.0900. The second-order valence-corrected chi connectivity index (χ2v) is 3.39. The Morgan fingerprint density at radius 1 is 1.62 bits per heavy atom. The highest BCUT2D eigenvalue weighted by Crippen LogP contribution is 1.78. The molecule has 0 heterocycles. The minimum absolute atomic E-state index is 0.127. The molecule has 0 aromatic heterocycles. The molecule has 0 aliphatic heterocycles. The van der Waals surface area contributed by atoms with Crippen molar-refractivity contribution in [2.45, 2.75) is 6.92 Å². The molecule has 0 saturated heterocycles. The lowest BCUT2D eigenvalue weighted by Gasteiger charge is -1.96. The summed E-state index contributed by atoms with van der Waals surface area (Å²) in [4.78, 5) is 0. The van der Waals surface area contributed by atoms with Crippen LogP contribution in [0.4, 0.5) is 0 Å². The summed E-state index contributed by atoms with van der Waals surface area (Å²) in [5, 5.41) is 0. The van der Waals surface area contributed by atoms with Crippen LogP contribution in [0.5, 0.6) is 0 Å². The average Bonchev–Trinajstić information content (AvgIpc) is 1.67. The van der Waals surface area contributed by atoms with Gasteiger partial charge in [-0.3, -0.25) is 0 Å². The largest absolute Gasteiger partial charge is 0.215 e. The Balaban J connectivity index is 3.76. The van der Waals surface area contributed by atoms with Gasteiger partial charge in [0, 0.05) is 6.54 Å². The predicted molar refractivity (Wildman–Crippen MR) is 32.8 cm³/mol. The van der Waals surface area contributed by atoms with Crippen LogP contribution < -0.4 is 4.72 Å². The smallest absolute Gasteiger partial charge is 0.211 e. The van der Waals surface area contributed by atoms with Gasteiger partial charge >= 0.3 is 0 Å². The number of hydrogen-bond donors (Lipinski definition) is 1. The van der Waals surface area contributed by atoms with E-state index in [2.05, 4.69) is 11.6 Å². The molecule has 0 atom stereocenters. The van der Waals surface area contributed by atoms with Gasteiger partial charge in [-0.05, 0) is 13.8 Å². The molecule has 0 aliphatic rings. The number of nitrogens with one attached hydrogen (secondary N) is 1.